The van der Waals surface area contributed by atoms with E-state index in [1.54, 1.807) is 0 Å². The van der Waals surface area contributed by atoms with Crippen molar-refractivity contribution in [2.24, 2.45) is 0 Å². The van der Waals surface area contributed by atoms with Gasteiger partial charge in [-0.2, -0.15) is 0 Å². The van der Waals surface area contributed by atoms with E-state index < -0.39 is 16.0 Å². The standard InChI is InChI=1S/C15H18N4O5S/c1-19(2)25(21,22)12-5-3-11(4-6-12)23-9-10-24-15(20)13-14(16)18-8-7-17-13/h3-8H,9-10H2,1-2H3,(H2,16,18). The van der Waals surface area contributed by atoms with Crippen LogP contribution in [0, 0.1) is 0 Å². The first-order valence-corrected chi connectivity index (χ1v) is 8.65. The molecule has 2 N–H and O–H groups in total. The SMILES string of the molecule is CN(C)S(=O)(=O)c1ccc(OCCOC(=O)c2nccnc2N)cc1. The summed E-state index contributed by atoms with van der Waals surface area (Å²) in [4.78, 5) is 19.5. The van der Waals surface area contributed by atoms with Gasteiger partial charge in [-0.25, -0.2) is 27.5 Å². The van der Waals surface area contributed by atoms with Crippen molar-refractivity contribution < 1.29 is 22.7 Å². The number of benzene rings is 1. The van der Waals surface area contributed by atoms with Crippen molar-refractivity contribution in [3.8, 4) is 5.75 Å². The molecule has 0 amide bonds. The second kappa shape index (κ2) is 7.90. The lowest BCUT2D eigenvalue weighted by Crippen LogP contribution is -2.22. The van der Waals surface area contributed by atoms with E-state index in [0.717, 1.165) is 4.31 Å². The highest BCUT2D eigenvalue weighted by atomic mass is 32.2. The minimum atomic E-state index is -3.48. The summed E-state index contributed by atoms with van der Waals surface area (Å²) in [7, 11) is -0.568. The van der Waals surface area contributed by atoms with E-state index in [4.69, 9.17) is 15.2 Å². The topological polar surface area (TPSA) is 125 Å². The fraction of sp³-hybridized carbons (Fsp3) is 0.267. The molecule has 0 bridgehead atoms. The molecule has 9 nitrogen and oxygen atoms in total. The van der Waals surface area contributed by atoms with Crippen LogP contribution in [0.5, 0.6) is 5.75 Å². The first kappa shape index (κ1) is 18.6. The fourth-order valence-corrected chi connectivity index (χ4v) is 2.69. The average molecular weight is 366 g/mol. The summed E-state index contributed by atoms with van der Waals surface area (Å²) in [6, 6.07) is 5.94. The monoisotopic (exact) mass is 366 g/mol. The molecular weight excluding hydrogens is 348 g/mol. The number of ether oxygens (including phenoxy) is 2. The van der Waals surface area contributed by atoms with Gasteiger partial charge in [0.2, 0.25) is 10.0 Å². The quantitative estimate of drug-likeness (QED) is 0.556. The molecule has 0 spiro atoms. The number of carbonyl (C=O) groups is 1. The molecule has 1 aromatic heterocycles. The van der Waals surface area contributed by atoms with Crippen LogP contribution < -0.4 is 10.5 Å². The third-order valence-electron chi connectivity index (χ3n) is 3.11. The molecule has 10 heteroatoms. The van der Waals surface area contributed by atoms with E-state index in [1.165, 1.54) is 50.8 Å². The van der Waals surface area contributed by atoms with Gasteiger partial charge in [-0.3, -0.25) is 0 Å². The summed E-state index contributed by atoms with van der Waals surface area (Å²) in [5.74, 6) is -0.250. The van der Waals surface area contributed by atoms with Crippen molar-refractivity contribution >= 4 is 21.8 Å². The molecule has 1 heterocycles. The number of nitrogens with two attached hydrogens (primary N) is 1. The molecule has 0 saturated heterocycles. The zero-order chi connectivity index (χ0) is 18.4. The van der Waals surface area contributed by atoms with Crippen molar-refractivity contribution in [3.05, 3.63) is 42.4 Å². The lowest BCUT2D eigenvalue weighted by Gasteiger charge is -2.12. The largest absolute Gasteiger partial charge is 0.490 e. The van der Waals surface area contributed by atoms with Gasteiger partial charge in [0.05, 0.1) is 4.90 Å². The van der Waals surface area contributed by atoms with E-state index >= 15 is 0 Å². The Bertz CT molecular complexity index is 837. The Balaban J connectivity index is 1.85. The molecule has 0 atom stereocenters. The van der Waals surface area contributed by atoms with Gasteiger partial charge >= 0.3 is 5.97 Å². The number of sulfonamides is 1. The van der Waals surface area contributed by atoms with Crippen LogP contribution in [0.2, 0.25) is 0 Å². The molecule has 2 rings (SSSR count). The summed E-state index contributed by atoms with van der Waals surface area (Å²) < 4.78 is 35.4. The zero-order valence-electron chi connectivity index (χ0n) is 13.7. The molecule has 134 valence electrons. The Kier molecular flexibility index (Phi) is 5.88. The van der Waals surface area contributed by atoms with Gasteiger partial charge in [0, 0.05) is 26.5 Å². The zero-order valence-corrected chi connectivity index (χ0v) is 14.6. The van der Waals surface area contributed by atoms with Crippen LogP contribution in [0.25, 0.3) is 0 Å². The molecule has 0 aliphatic heterocycles. The Morgan fingerprint density at radius 3 is 2.36 bits per heavy atom. The second-order valence-corrected chi connectivity index (χ2v) is 7.19. The first-order chi connectivity index (χ1) is 11.8. The number of rotatable bonds is 7. The van der Waals surface area contributed by atoms with Crippen LogP contribution >= 0.6 is 0 Å². The third kappa shape index (κ3) is 4.64. The van der Waals surface area contributed by atoms with Gasteiger partial charge in [-0.1, -0.05) is 0 Å². The maximum Gasteiger partial charge on any atom is 0.360 e. The Morgan fingerprint density at radius 2 is 1.76 bits per heavy atom. The second-order valence-electron chi connectivity index (χ2n) is 5.03. The van der Waals surface area contributed by atoms with Gasteiger partial charge < -0.3 is 15.2 Å². The van der Waals surface area contributed by atoms with Crippen LogP contribution in [0.15, 0.2) is 41.6 Å². The predicted octanol–water partition coefficient (Wildman–Crippen LogP) is 0.545. The molecule has 2 aromatic rings. The molecule has 0 radical (unpaired) electrons. The predicted molar refractivity (Wildman–Crippen MR) is 89.5 cm³/mol. The summed E-state index contributed by atoms with van der Waals surface area (Å²) in [5.41, 5.74) is 5.47. The van der Waals surface area contributed by atoms with E-state index in [-0.39, 0.29) is 29.6 Å². The summed E-state index contributed by atoms with van der Waals surface area (Å²) >= 11 is 0. The molecule has 1 aromatic carbocycles. The maximum atomic E-state index is 11.9. The fourth-order valence-electron chi connectivity index (χ4n) is 1.79. The number of hydrogen-bond acceptors (Lipinski definition) is 8. The van der Waals surface area contributed by atoms with E-state index in [2.05, 4.69) is 9.97 Å². The van der Waals surface area contributed by atoms with E-state index in [0.29, 0.717) is 5.75 Å². The highest BCUT2D eigenvalue weighted by Gasteiger charge is 2.17. The third-order valence-corrected chi connectivity index (χ3v) is 4.94. The van der Waals surface area contributed by atoms with Crippen molar-refractivity contribution in [2.45, 2.75) is 4.90 Å². The number of esters is 1. The number of aromatic nitrogens is 2. The summed E-state index contributed by atoms with van der Waals surface area (Å²) in [6.45, 7) is 0.0677. The van der Waals surface area contributed by atoms with Gasteiger partial charge in [0.25, 0.3) is 0 Å². The van der Waals surface area contributed by atoms with Crippen LogP contribution in [-0.2, 0) is 14.8 Å². The van der Waals surface area contributed by atoms with Gasteiger partial charge in [-0.15, -0.1) is 0 Å². The molecule has 25 heavy (non-hydrogen) atoms. The highest BCUT2D eigenvalue weighted by molar-refractivity contribution is 7.89. The summed E-state index contributed by atoms with van der Waals surface area (Å²) in [5, 5.41) is 0. The van der Waals surface area contributed by atoms with Gasteiger partial charge in [0.1, 0.15) is 19.0 Å². The van der Waals surface area contributed by atoms with Crippen LogP contribution in [0.1, 0.15) is 10.5 Å². The van der Waals surface area contributed by atoms with Crippen molar-refractivity contribution in [2.75, 3.05) is 33.0 Å². The van der Waals surface area contributed by atoms with Crippen LogP contribution in [0.4, 0.5) is 5.82 Å². The number of nitrogens with zero attached hydrogens (tertiary/aromatic N) is 3. The Labute approximate surface area is 145 Å². The van der Waals surface area contributed by atoms with Gasteiger partial charge in [0.15, 0.2) is 11.5 Å². The minimum absolute atomic E-state index is 0.00823. The van der Waals surface area contributed by atoms with E-state index in [1.807, 2.05) is 0 Å². The molecular formula is C15H18N4O5S. The lowest BCUT2D eigenvalue weighted by molar-refractivity contribution is 0.0444. The first-order valence-electron chi connectivity index (χ1n) is 7.21. The molecule has 0 unspecified atom stereocenters. The molecule has 0 aliphatic rings. The number of anilines is 1. The lowest BCUT2D eigenvalue weighted by atomic mass is 10.3. The minimum Gasteiger partial charge on any atom is -0.490 e. The number of hydrogen-bond donors (Lipinski definition) is 1. The molecule has 0 aliphatic carbocycles. The molecule has 0 saturated carbocycles. The average Bonchev–Trinajstić information content (AvgIpc) is 2.59. The van der Waals surface area contributed by atoms with Crippen LogP contribution in [-0.4, -0.2) is 56.0 Å². The van der Waals surface area contributed by atoms with Gasteiger partial charge in [-0.05, 0) is 24.3 Å². The molecule has 0 fully saturated rings. The van der Waals surface area contributed by atoms with E-state index in [9.17, 15) is 13.2 Å². The normalized spacial score (nSPS) is 11.3. The highest BCUT2D eigenvalue weighted by Crippen LogP contribution is 2.18. The Morgan fingerprint density at radius 1 is 1.12 bits per heavy atom. The number of nitrogen functional groups attached to an aromatic ring is 1. The maximum absolute atomic E-state index is 11.9. The number of carbonyl (C=O) groups excluding carboxylic acids is 1. The van der Waals surface area contributed by atoms with Crippen molar-refractivity contribution in [1.29, 1.82) is 0 Å². The van der Waals surface area contributed by atoms with Crippen molar-refractivity contribution in [3.63, 3.8) is 0 Å². The van der Waals surface area contributed by atoms with Crippen LogP contribution in [0.3, 0.4) is 0 Å². The smallest absolute Gasteiger partial charge is 0.360 e. The Hall–Kier alpha value is -2.72. The van der Waals surface area contributed by atoms with Crippen molar-refractivity contribution in [1.82, 2.24) is 14.3 Å². The summed E-state index contributed by atoms with van der Waals surface area (Å²) in [6.07, 6.45) is 2.71.